The molecule has 0 heterocycles. The zero-order valence-electron chi connectivity index (χ0n) is 9.62. The number of carbonyl (C=O) groups is 3. The van der Waals surface area contributed by atoms with Crippen LogP contribution in [0.1, 0.15) is 20.3 Å². The molecule has 2 unspecified atom stereocenters. The highest BCUT2D eigenvalue weighted by atomic mass is 32.2. The van der Waals surface area contributed by atoms with Crippen LogP contribution in [0, 0.1) is 0 Å². The smallest absolute Gasteiger partial charge is 0.324 e. The monoisotopic (exact) mass is 264 g/mol. The van der Waals surface area contributed by atoms with Gasteiger partial charge in [-0.3, -0.25) is 18.7 Å². The zero-order chi connectivity index (χ0) is 13.6. The van der Waals surface area contributed by atoms with E-state index < -0.39 is 35.7 Å². The fourth-order valence-electron chi connectivity index (χ4n) is 0.837. The first-order chi connectivity index (χ1) is 7.79. The highest BCUT2D eigenvalue weighted by molar-refractivity contribution is 8.12. The lowest BCUT2D eigenvalue weighted by atomic mass is 10.2. The topological polar surface area (TPSA) is 121 Å². The summed E-state index contributed by atoms with van der Waals surface area (Å²) >= 11 is 0.421. The standard InChI is InChI=1S/C9H16N2O5S/c1-3-6(13)11(4-7(14)15)17-9(16)8(10)5(2)12/h5,8,12H,3-4,10H2,1-2H3,(H,14,15). The molecule has 0 aliphatic heterocycles. The Bertz CT molecular complexity index is 308. The van der Waals surface area contributed by atoms with E-state index in [9.17, 15) is 14.4 Å². The normalized spacial score (nSPS) is 13.9. The van der Waals surface area contributed by atoms with Crippen molar-refractivity contribution in [3.8, 4) is 0 Å². The first-order valence-electron chi connectivity index (χ1n) is 4.97. The van der Waals surface area contributed by atoms with Gasteiger partial charge in [0.15, 0.2) is 0 Å². The van der Waals surface area contributed by atoms with Crippen LogP contribution in [0.3, 0.4) is 0 Å². The summed E-state index contributed by atoms with van der Waals surface area (Å²) in [6, 6.07) is -1.15. The fraction of sp³-hybridized carbons (Fsp3) is 0.667. The van der Waals surface area contributed by atoms with Crippen LogP contribution in [0.2, 0.25) is 0 Å². The molecule has 0 bridgehead atoms. The lowest BCUT2D eigenvalue weighted by Crippen LogP contribution is -2.41. The number of aliphatic carboxylic acids is 1. The van der Waals surface area contributed by atoms with E-state index in [1.165, 1.54) is 6.92 Å². The maximum atomic E-state index is 11.5. The van der Waals surface area contributed by atoms with Crippen LogP contribution in [0.15, 0.2) is 0 Å². The Morgan fingerprint density at radius 1 is 1.41 bits per heavy atom. The quantitative estimate of drug-likeness (QED) is 0.555. The number of carboxylic acids is 1. The predicted molar refractivity (Wildman–Crippen MR) is 61.9 cm³/mol. The van der Waals surface area contributed by atoms with E-state index in [-0.39, 0.29) is 6.42 Å². The van der Waals surface area contributed by atoms with Gasteiger partial charge in [-0.15, -0.1) is 0 Å². The van der Waals surface area contributed by atoms with E-state index in [0.29, 0.717) is 11.9 Å². The summed E-state index contributed by atoms with van der Waals surface area (Å²) in [4.78, 5) is 33.4. The minimum atomic E-state index is -1.22. The van der Waals surface area contributed by atoms with E-state index in [1.54, 1.807) is 6.92 Å². The molecule has 0 fully saturated rings. The SMILES string of the molecule is CCC(=O)N(CC(=O)O)SC(=O)C(N)C(C)O. The predicted octanol–water partition coefficient (Wildman–Crippen LogP) is -0.807. The first kappa shape index (κ1) is 15.9. The Kier molecular flexibility index (Phi) is 6.78. The minimum Gasteiger partial charge on any atom is -0.480 e. The Balaban J connectivity index is 4.58. The van der Waals surface area contributed by atoms with Crippen molar-refractivity contribution in [1.29, 1.82) is 0 Å². The Hall–Kier alpha value is -1.12. The van der Waals surface area contributed by atoms with Gasteiger partial charge in [0, 0.05) is 18.4 Å². The van der Waals surface area contributed by atoms with Crippen LogP contribution >= 0.6 is 11.9 Å². The molecule has 0 saturated carbocycles. The van der Waals surface area contributed by atoms with Crippen LogP contribution in [0.25, 0.3) is 0 Å². The molecule has 0 saturated heterocycles. The van der Waals surface area contributed by atoms with Crippen molar-refractivity contribution in [3.05, 3.63) is 0 Å². The second-order valence-corrected chi connectivity index (χ2v) is 4.38. The molecular formula is C9H16N2O5S. The molecule has 17 heavy (non-hydrogen) atoms. The molecule has 1 amide bonds. The second-order valence-electron chi connectivity index (χ2n) is 3.35. The third-order valence-electron chi connectivity index (χ3n) is 1.85. The molecule has 0 aromatic heterocycles. The summed E-state index contributed by atoms with van der Waals surface area (Å²) in [7, 11) is 0. The van der Waals surface area contributed by atoms with Gasteiger partial charge in [0.1, 0.15) is 12.6 Å². The van der Waals surface area contributed by atoms with Crippen molar-refractivity contribution in [2.24, 2.45) is 5.73 Å². The van der Waals surface area contributed by atoms with Crippen LogP contribution < -0.4 is 5.73 Å². The Morgan fingerprint density at radius 3 is 2.29 bits per heavy atom. The summed E-state index contributed by atoms with van der Waals surface area (Å²) in [6.45, 7) is 2.30. The summed E-state index contributed by atoms with van der Waals surface area (Å²) in [5.74, 6) is -1.71. The van der Waals surface area contributed by atoms with Crippen molar-refractivity contribution in [2.45, 2.75) is 32.4 Å². The number of hydrogen-bond acceptors (Lipinski definition) is 6. The molecule has 0 aliphatic carbocycles. The first-order valence-corrected chi connectivity index (χ1v) is 5.74. The van der Waals surface area contributed by atoms with Gasteiger partial charge in [-0.05, 0) is 6.92 Å². The molecule has 0 aromatic rings. The van der Waals surface area contributed by atoms with Gasteiger partial charge in [-0.1, -0.05) is 6.92 Å². The van der Waals surface area contributed by atoms with Crippen molar-refractivity contribution in [2.75, 3.05) is 6.54 Å². The van der Waals surface area contributed by atoms with Gasteiger partial charge in [-0.25, -0.2) is 0 Å². The van der Waals surface area contributed by atoms with E-state index in [1.807, 2.05) is 0 Å². The maximum absolute atomic E-state index is 11.5. The zero-order valence-corrected chi connectivity index (χ0v) is 10.4. The number of aliphatic hydroxyl groups is 1. The molecule has 0 radical (unpaired) electrons. The van der Waals surface area contributed by atoms with Gasteiger partial charge in [-0.2, -0.15) is 0 Å². The fourth-order valence-corrected chi connectivity index (χ4v) is 1.78. The van der Waals surface area contributed by atoms with Gasteiger partial charge in [0.25, 0.3) is 0 Å². The maximum Gasteiger partial charge on any atom is 0.324 e. The molecule has 4 N–H and O–H groups in total. The second kappa shape index (κ2) is 7.25. The molecular weight excluding hydrogens is 248 g/mol. The Labute approximate surface area is 103 Å². The average Bonchev–Trinajstić information content (AvgIpc) is 2.24. The molecule has 7 nitrogen and oxygen atoms in total. The largest absolute Gasteiger partial charge is 0.480 e. The molecule has 98 valence electrons. The third-order valence-corrected chi connectivity index (χ3v) is 2.86. The molecule has 0 spiro atoms. The number of hydrogen-bond donors (Lipinski definition) is 3. The average molecular weight is 264 g/mol. The van der Waals surface area contributed by atoms with Crippen LogP contribution in [0.5, 0.6) is 0 Å². The number of nitrogens with two attached hydrogens (primary N) is 1. The van der Waals surface area contributed by atoms with E-state index >= 15 is 0 Å². The van der Waals surface area contributed by atoms with Gasteiger partial charge in [0.2, 0.25) is 11.0 Å². The number of nitrogens with zero attached hydrogens (tertiary/aromatic N) is 1. The minimum absolute atomic E-state index is 0.0808. The lowest BCUT2D eigenvalue weighted by molar-refractivity contribution is -0.140. The van der Waals surface area contributed by atoms with Crippen LogP contribution in [-0.4, -0.2) is 50.2 Å². The number of carbonyl (C=O) groups excluding carboxylic acids is 2. The molecule has 0 aliphatic rings. The molecule has 0 aromatic carbocycles. The van der Waals surface area contributed by atoms with Crippen molar-refractivity contribution >= 4 is 28.9 Å². The number of aliphatic hydroxyl groups excluding tert-OH is 1. The van der Waals surface area contributed by atoms with Gasteiger partial charge in [0.05, 0.1) is 6.10 Å². The third kappa shape index (κ3) is 5.66. The van der Waals surface area contributed by atoms with E-state index in [2.05, 4.69) is 0 Å². The lowest BCUT2D eigenvalue weighted by Gasteiger charge is -2.20. The molecule has 0 rings (SSSR count). The van der Waals surface area contributed by atoms with Crippen molar-refractivity contribution in [3.63, 3.8) is 0 Å². The van der Waals surface area contributed by atoms with E-state index in [4.69, 9.17) is 15.9 Å². The summed E-state index contributed by atoms with van der Waals surface area (Å²) < 4.78 is 0.826. The number of amides is 1. The van der Waals surface area contributed by atoms with Gasteiger partial charge >= 0.3 is 5.97 Å². The van der Waals surface area contributed by atoms with Crippen molar-refractivity contribution < 1.29 is 24.6 Å². The molecule has 8 heteroatoms. The van der Waals surface area contributed by atoms with Crippen molar-refractivity contribution in [1.82, 2.24) is 4.31 Å². The molecule has 2 atom stereocenters. The Morgan fingerprint density at radius 2 is 1.94 bits per heavy atom. The highest BCUT2D eigenvalue weighted by Crippen LogP contribution is 2.15. The van der Waals surface area contributed by atoms with Crippen LogP contribution in [0.4, 0.5) is 0 Å². The summed E-state index contributed by atoms with van der Waals surface area (Å²) in [5, 5.41) is 17.0. The number of rotatable bonds is 5. The summed E-state index contributed by atoms with van der Waals surface area (Å²) in [6.07, 6.45) is -0.976. The van der Waals surface area contributed by atoms with Gasteiger partial charge < -0.3 is 15.9 Å². The summed E-state index contributed by atoms with van der Waals surface area (Å²) in [5.41, 5.74) is 5.37. The number of carboxylic acid groups (broad SMARTS) is 1. The van der Waals surface area contributed by atoms with Crippen LogP contribution in [-0.2, 0) is 14.4 Å². The highest BCUT2D eigenvalue weighted by Gasteiger charge is 2.25. The van der Waals surface area contributed by atoms with E-state index in [0.717, 1.165) is 4.31 Å².